The number of fused-ring (bicyclic) bond motifs is 1. The van der Waals surface area contributed by atoms with E-state index < -0.39 is 17.6 Å². The second-order valence-corrected chi connectivity index (χ2v) is 9.72. The van der Waals surface area contributed by atoms with Gasteiger partial charge >= 0.3 is 5.97 Å². The number of carbonyl (C=O) groups excluding carboxylic acids is 2. The third-order valence-corrected chi connectivity index (χ3v) is 6.66. The van der Waals surface area contributed by atoms with Crippen molar-refractivity contribution in [1.29, 1.82) is 0 Å². The van der Waals surface area contributed by atoms with Crippen molar-refractivity contribution in [2.75, 3.05) is 13.7 Å². The Bertz CT molecular complexity index is 1220. The zero-order chi connectivity index (χ0) is 24.5. The molecule has 34 heavy (non-hydrogen) atoms. The van der Waals surface area contributed by atoms with Gasteiger partial charge in [0.2, 0.25) is 0 Å². The van der Waals surface area contributed by atoms with Crippen molar-refractivity contribution in [3.63, 3.8) is 0 Å². The first kappa shape index (κ1) is 24.7. The zero-order valence-electron chi connectivity index (χ0n) is 18.4. The molecular weight excluding hydrogens is 543 g/mol. The number of amides is 1. The Labute approximate surface area is 215 Å². The minimum atomic E-state index is -1.32. The lowest BCUT2D eigenvalue weighted by Gasteiger charge is -2.40. The van der Waals surface area contributed by atoms with E-state index in [2.05, 4.69) is 20.9 Å². The quantitative estimate of drug-likeness (QED) is 0.338. The fourth-order valence-electron chi connectivity index (χ4n) is 4.01. The summed E-state index contributed by atoms with van der Waals surface area (Å²) in [6.45, 7) is 1.88. The number of aromatic nitrogens is 1. The minimum Gasteiger partial charge on any atom is -0.469 e. The Morgan fingerprint density at radius 2 is 1.82 bits per heavy atom. The summed E-state index contributed by atoms with van der Waals surface area (Å²) < 4.78 is 12.2. The molecule has 0 saturated carbocycles. The molecule has 2 aromatic carbocycles. The van der Waals surface area contributed by atoms with E-state index in [1.54, 1.807) is 42.2 Å². The topological polar surface area (TPSA) is 68.7 Å². The van der Waals surface area contributed by atoms with Crippen molar-refractivity contribution in [3.8, 4) is 0 Å². The average molecular weight is 564 g/mol. The third-order valence-electron chi connectivity index (χ3n) is 5.69. The lowest BCUT2D eigenvalue weighted by molar-refractivity contribution is -0.156. The molecular formula is C25H21BrCl2N2O4. The first-order chi connectivity index (χ1) is 16.3. The van der Waals surface area contributed by atoms with Crippen molar-refractivity contribution in [2.45, 2.75) is 19.2 Å². The third kappa shape index (κ3) is 4.58. The van der Waals surface area contributed by atoms with Gasteiger partial charge in [0, 0.05) is 32.4 Å². The number of methoxy groups -OCH3 is 1. The molecule has 0 fully saturated rings. The number of rotatable bonds is 7. The first-order valence-electron chi connectivity index (χ1n) is 10.5. The molecule has 0 N–H and O–H groups in total. The number of esters is 1. The van der Waals surface area contributed by atoms with Crippen LogP contribution in [0.4, 0.5) is 0 Å². The van der Waals surface area contributed by atoms with Gasteiger partial charge in [-0.05, 0) is 43.3 Å². The molecule has 0 saturated heterocycles. The highest BCUT2D eigenvalue weighted by molar-refractivity contribution is 9.10. The number of hydrogen-bond acceptors (Lipinski definition) is 5. The number of carbonyl (C=O) groups is 2. The largest absolute Gasteiger partial charge is 0.469 e. The number of nitrogens with zero attached hydrogens (tertiary/aromatic N) is 2. The van der Waals surface area contributed by atoms with Crippen LogP contribution in [0.5, 0.6) is 0 Å². The lowest BCUT2D eigenvalue weighted by atomic mass is 9.93. The molecule has 0 aliphatic carbocycles. The van der Waals surface area contributed by atoms with Crippen LogP contribution in [0.2, 0.25) is 10.0 Å². The monoisotopic (exact) mass is 562 g/mol. The summed E-state index contributed by atoms with van der Waals surface area (Å²) in [7, 11) is 1.33. The molecule has 1 unspecified atom stereocenters. The summed E-state index contributed by atoms with van der Waals surface area (Å²) in [4.78, 5) is 31.9. The molecule has 2 atom stereocenters. The Hall–Kier alpha value is -2.45. The van der Waals surface area contributed by atoms with E-state index in [-0.39, 0.29) is 19.1 Å². The Morgan fingerprint density at radius 3 is 2.47 bits per heavy atom. The van der Waals surface area contributed by atoms with Gasteiger partial charge in [-0.1, -0.05) is 57.3 Å². The van der Waals surface area contributed by atoms with Crippen LogP contribution < -0.4 is 0 Å². The van der Waals surface area contributed by atoms with E-state index in [9.17, 15) is 9.59 Å². The predicted octanol–water partition coefficient (Wildman–Crippen LogP) is 5.83. The molecule has 176 valence electrons. The van der Waals surface area contributed by atoms with Crippen LogP contribution in [-0.2, 0) is 26.5 Å². The van der Waals surface area contributed by atoms with Gasteiger partial charge < -0.3 is 9.47 Å². The Balaban J connectivity index is 1.89. The maximum absolute atomic E-state index is 13.8. The SMILES string of the molecule is COC(=O)[C@@H](C)COC1(c2ccc(Cl)cc2)c2ccc(Br)cc2C(=O)N1Cc1ccc(Cl)cn1. The molecule has 2 heterocycles. The van der Waals surface area contributed by atoms with Crippen LogP contribution in [0.3, 0.4) is 0 Å². The van der Waals surface area contributed by atoms with Gasteiger partial charge in [-0.3, -0.25) is 19.5 Å². The van der Waals surface area contributed by atoms with E-state index >= 15 is 0 Å². The molecule has 0 radical (unpaired) electrons. The molecule has 0 spiro atoms. The Morgan fingerprint density at radius 1 is 1.12 bits per heavy atom. The smallest absolute Gasteiger partial charge is 0.310 e. The number of benzene rings is 2. The number of hydrogen-bond donors (Lipinski definition) is 0. The molecule has 1 aliphatic rings. The van der Waals surface area contributed by atoms with Crippen molar-refractivity contribution < 1.29 is 19.1 Å². The van der Waals surface area contributed by atoms with Gasteiger partial charge in [0.05, 0.1) is 36.9 Å². The molecule has 4 rings (SSSR count). The van der Waals surface area contributed by atoms with Gasteiger partial charge in [0.25, 0.3) is 5.91 Å². The van der Waals surface area contributed by atoms with Gasteiger partial charge in [-0.25, -0.2) is 0 Å². The highest BCUT2D eigenvalue weighted by Gasteiger charge is 2.52. The molecule has 9 heteroatoms. The highest BCUT2D eigenvalue weighted by atomic mass is 79.9. The summed E-state index contributed by atoms with van der Waals surface area (Å²) in [6.07, 6.45) is 1.53. The molecule has 1 amide bonds. The summed E-state index contributed by atoms with van der Waals surface area (Å²) in [6, 6.07) is 16.1. The first-order valence-corrected chi connectivity index (χ1v) is 12.0. The van der Waals surface area contributed by atoms with Gasteiger partial charge in [0.15, 0.2) is 5.72 Å². The second kappa shape index (κ2) is 10.0. The zero-order valence-corrected chi connectivity index (χ0v) is 21.5. The van der Waals surface area contributed by atoms with Gasteiger partial charge in [0.1, 0.15) is 0 Å². The molecule has 0 bridgehead atoms. The molecule has 6 nitrogen and oxygen atoms in total. The van der Waals surface area contributed by atoms with Crippen molar-refractivity contribution in [2.24, 2.45) is 5.92 Å². The van der Waals surface area contributed by atoms with E-state index in [0.717, 1.165) is 4.47 Å². The summed E-state index contributed by atoms with van der Waals surface area (Å²) in [5, 5.41) is 1.05. The standard InChI is InChI=1S/C25H21BrCl2N2O4/c1-15(24(32)33-2)14-34-25(16-3-6-18(27)7-4-16)22-10-5-17(26)11-21(22)23(31)30(25)13-20-9-8-19(28)12-29-20/h3-12,15H,13-14H2,1-2H3/t15-,25?/m0/s1. The summed E-state index contributed by atoms with van der Waals surface area (Å²) >= 11 is 15.6. The van der Waals surface area contributed by atoms with Gasteiger partial charge in [-0.2, -0.15) is 0 Å². The van der Waals surface area contributed by atoms with Crippen LogP contribution in [0, 0.1) is 5.92 Å². The predicted molar refractivity (Wildman–Crippen MR) is 133 cm³/mol. The van der Waals surface area contributed by atoms with Crippen molar-refractivity contribution >= 4 is 51.0 Å². The highest BCUT2D eigenvalue weighted by Crippen LogP contribution is 2.47. The van der Waals surface area contributed by atoms with E-state index in [0.29, 0.717) is 32.4 Å². The van der Waals surface area contributed by atoms with Crippen molar-refractivity contribution in [3.05, 3.63) is 97.7 Å². The van der Waals surface area contributed by atoms with Crippen LogP contribution in [0.1, 0.15) is 34.1 Å². The maximum atomic E-state index is 13.8. The van der Waals surface area contributed by atoms with E-state index in [4.69, 9.17) is 32.7 Å². The summed E-state index contributed by atoms with van der Waals surface area (Å²) in [5.74, 6) is -1.19. The number of pyridine rings is 1. The lowest BCUT2D eigenvalue weighted by Crippen LogP contribution is -2.47. The van der Waals surface area contributed by atoms with E-state index in [1.807, 2.05) is 24.3 Å². The van der Waals surface area contributed by atoms with Crippen LogP contribution in [0.25, 0.3) is 0 Å². The molecule has 1 aromatic heterocycles. The molecule has 1 aliphatic heterocycles. The fraction of sp³-hybridized carbons (Fsp3) is 0.240. The number of halogens is 3. The minimum absolute atomic E-state index is 0.0165. The van der Waals surface area contributed by atoms with E-state index in [1.165, 1.54) is 13.3 Å². The maximum Gasteiger partial charge on any atom is 0.310 e. The number of ether oxygens (including phenoxy) is 2. The van der Waals surface area contributed by atoms with Crippen molar-refractivity contribution in [1.82, 2.24) is 9.88 Å². The van der Waals surface area contributed by atoms with Crippen LogP contribution in [-0.4, -0.2) is 35.5 Å². The van der Waals surface area contributed by atoms with Crippen LogP contribution >= 0.6 is 39.1 Å². The molecule has 3 aromatic rings. The second-order valence-electron chi connectivity index (χ2n) is 7.94. The summed E-state index contributed by atoms with van der Waals surface area (Å²) in [5.41, 5.74) is 1.16. The van der Waals surface area contributed by atoms with Crippen LogP contribution in [0.15, 0.2) is 65.3 Å². The average Bonchev–Trinajstić information content (AvgIpc) is 3.06. The normalized spacial score (nSPS) is 18.0. The Kier molecular flexibility index (Phi) is 7.28. The van der Waals surface area contributed by atoms with Gasteiger partial charge in [-0.15, -0.1) is 0 Å². The fourth-order valence-corrected chi connectivity index (χ4v) is 4.61.